The Morgan fingerprint density at radius 3 is 2.67 bits per heavy atom. The standard InChI is InChI=1S/C20H22N2OS/c23-20-21-18-7-6-15(14-19(18)24-20)8-11-22-12-9-17(10-13-22)16-4-2-1-3-5-16/h1-7,14,17H,8-13H2,(H,21,23). The molecule has 3 nitrogen and oxygen atoms in total. The fraction of sp³-hybridized carbons (Fsp3) is 0.350. The molecule has 1 fully saturated rings. The molecular formula is C20H22N2OS. The van der Waals surface area contributed by atoms with Gasteiger partial charge in [-0.1, -0.05) is 47.7 Å². The lowest BCUT2D eigenvalue weighted by Gasteiger charge is -2.32. The zero-order valence-electron chi connectivity index (χ0n) is 13.7. The van der Waals surface area contributed by atoms with Crippen molar-refractivity contribution in [3.8, 4) is 0 Å². The number of fused-ring (bicyclic) bond motifs is 1. The molecule has 4 rings (SSSR count). The van der Waals surface area contributed by atoms with Gasteiger partial charge in [0.2, 0.25) is 0 Å². The first kappa shape index (κ1) is 15.6. The number of thiazole rings is 1. The summed E-state index contributed by atoms with van der Waals surface area (Å²) in [6.45, 7) is 3.46. The minimum Gasteiger partial charge on any atom is -0.312 e. The molecule has 0 aliphatic carbocycles. The molecule has 0 spiro atoms. The van der Waals surface area contributed by atoms with E-state index in [2.05, 4.69) is 52.3 Å². The average Bonchev–Trinajstić information content (AvgIpc) is 3.00. The summed E-state index contributed by atoms with van der Waals surface area (Å²) in [6.07, 6.45) is 3.56. The van der Waals surface area contributed by atoms with Crippen LogP contribution >= 0.6 is 11.3 Å². The van der Waals surface area contributed by atoms with Gasteiger partial charge in [-0.05, 0) is 61.5 Å². The summed E-state index contributed by atoms with van der Waals surface area (Å²) in [4.78, 5) is 16.9. The first-order valence-electron chi connectivity index (χ1n) is 8.67. The van der Waals surface area contributed by atoms with Gasteiger partial charge < -0.3 is 9.88 Å². The lowest BCUT2D eigenvalue weighted by molar-refractivity contribution is 0.214. The molecule has 124 valence electrons. The molecule has 0 atom stereocenters. The summed E-state index contributed by atoms with van der Waals surface area (Å²) in [5.41, 5.74) is 3.77. The number of piperidine rings is 1. The number of benzene rings is 2. The Bertz CT molecular complexity index is 860. The highest BCUT2D eigenvalue weighted by Crippen LogP contribution is 2.27. The number of likely N-dealkylation sites (tertiary alicyclic amines) is 1. The zero-order chi connectivity index (χ0) is 16.4. The summed E-state index contributed by atoms with van der Waals surface area (Å²) >= 11 is 1.30. The maximum absolute atomic E-state index is 11.4. The van der Waals surface area contributed by atoms with E-state index in [1.807, 2.05) is 6.07 Å². The van der Waals surface area contributed by atoms with E-state index in [9.17, 15) is 4.79 Å². The highest BCUT2D eigenvalue weighted by Gasteiger charge is 2.20. The molecule has 1 aliphatic heterocycles. The topological polar surface area (TPSA) is 36.1 Å². The molecule has 0 amide bonds. The van der Waals surface area contributed by atoms with Crippen LogP contribution in [0.25, 0.3) is 10.2 Å². The quantitative estimate of drug-likeness (QED) is 0.780. The molecule has 24 heavy (non-hydrogen) atoms. The van der Waals surface area contributed by atoms with Crippen molar-refractivity contribution >= 4 is 21.6 Å². The summed E-state index contributed by atoms with van der Waals surface area (Å²) in [7, 11) is 0. The van der Waals surface area contributed by atoms with Crippen molar-refractivity contribution in [3.63, 3.8) is 0 Å². The minimum atomic E-state index is 0.0325. The Morgan fingerprint density at radius 2 is 1.88 bits per heavy atom. The second-order valence-electron chi connectivity index (χ2n) is 6.62. The molecule has 1 N–H and O–H groups in total. The Balaban J connectivity index is 1.32. The first-order chi connectivity index (χ1) is 11.8. The molecule has 0 radical (unpaired) electrons. The second kappa shape index (κ2) is 6.91. The van der Waals surface area contributed by atoms with E-state index < -0.39 is 0 Å². The van der Waals surface area contributed by atoms with Gasteiger partial charge in [0, 0.05) is 6.54 Å². The van der Waals surface area contributed by atoms with Crippen LogP contribution in [0.2, 0.25) is 0 Å². The predicted octanol–water partition coefficient (Wildman–Crippen LogP) is 4.01. The molecule has 1 saturated heterocycles. The van der Waals surface area contributed by atoms with Gasteiger partial charge in [0.15, 0.2) is 0 Å². The van der Waals surface area contributed by atoms with Gasteiger partial charge in [-0.15, -0.1) is 0 Å². The Morgan fingerprint density at radius 1 is 1.08 bits per heavy atom. The average molecular weight is 338 g/mol. The second-order valence-corrected chi connectivity index (χ2v) is 7.64. The van der Waals surface area contributed by atoms with Gasteiger partial charge in [-0.3, -0.25) is 4.79 Å². The molecule has 0 bridgehead atoms. The third-order valence-corrected chi connectivity index (χ3v) is 5.91. The van der Waals surface area contributed by atoms with Crippen LogP contribution in [0.4, 0.5) is 0 Å². The van der Waals surface area contributed by atoms with Crippen LogP contribution in [0.15, 0.2) is 53.3 Å². The van der Waals surface area contributed by atoms with Crippen LogP contribution in [0.1, 0.15) is 29.9 Å². The first-order valence-corrected chi connectivity index (χ1v) is 9.48. The maximum atomic E-state index is 11.4. The molecular weight excluding hydrogens is 316 g/mol. The van der Waals surface area contributed by atoms with E-state index in [4.69, 9.17) is 0 Å². The van der Waals surface area contributed by atoms with E-state index in [1.54, 1.807) is 0 Å². The summed E-state index contributed by atoms with van der Waals surface area (Å²) < 4.78 is 1.07. The zero-order valence-corrected chi connectivity index (χ0v) is 14.5. The van der Waals surface area contributed by atoms with E-state index in [0.717, 1.165) is 29.1 Å². The third kappa shape index (κ3) is 3.45. The van der Waals surface area contributed by atoms with Crippen LogP contribution in [0.5, 0.6) is 0 Å². The molecule has 0 saturated carbocycles. The highest BCUT2D eigenvalue weighted by atomic mass is 32.1. The number of nitrogens with one attached hydrogen (secondary N) is 1. The van der Waals surface area contributed by atoms with Gasteiger partial charge in [0.25, 0.3) is 0 Å². The van der Waals surface area contributed by atoms with Gasteiger partial charge in [0.1, 0.15) is 0 Å². The molecule has 3 aromatic rings. The summed E-state index contributed by atoms with van der Waals surface area (Å²) in [5, 5.41) is 0. The number of nitrogens with zero attached hydrogens (tertiary/aromatic N) is 1. The Labute approximate surface area is 146 Å². The van der Waals surface area contributed by atoms with Gasteiger partial charge in [-0.2, -0.15) is 0 Å². The number of hydrogen-bond acceptors (Lipinski definition) is 3. The van der Waals surface area contributed by atoms with Crippen molar-refractivity contribution in [2.45, 2.75) is 25.2 Å². The molecule has 1 aromatic heterocycles. The molecule has 2 heterocycles. The fourth-order valence-corrected chi connectivity index (χ4v) is 4.45. The van der Waals surface area contributed by atoms with Crippen LogP contribution in [-0.4, -0.2) is 29.5 Å². The van der Waals surface area contributed by atoms with Crippen molar-refractivity contribution < 1.29 is 0 Å². The summed E-state index contributed by atoms with van der Waals surface area (Å²) in [6, 6.07) is 17.2. The monoisotopic (exact) mass is 338 g/mol. The lowest BCUT2D eigenvalue weighted by Crippen LogP contribution is -2.34. The van der Waals surface area contributed by atoms with Gasteiger partial charge >= 0.3 is 4.87 Å². The van der Waals surface area contributed by atoms with Gasteiger partial charge in [-0.25, -0.2) is 0 Å². The van der Waals surface area contributed by atoms with E-state index >= 15 is 0 Å². The number of H-pyrrole nitrogens is 1. The van der Waals surface area contributed by atoms with Crippen molar-refractivity contribution in [2.75, 3.05) is 19.6 Å². The largest absolute Gasteiger partial charge is 0.312 e. The van der Waals surface area contributed by atoms with Gasteiger partial charge in [0.05, 0.1) is 10.2 Å². The van der Waals surface area contributed by atoms with Crippen LogP contribution in [0, 0.1) is 0 Å². The molecule has 4 heteroatoms. The lowest BCUT2D eigenvalue weighted by atomic mass is 9.89. The number of hydrogen-bond donors (Lipinski definition) is 1. The number of rotatable bonds is 4. The van der Waals surface area contributed by atoms with E-state index in [1.165, 1.54) is 48.4 Å². The summed E-state index contributed by atoms with van der Waals surface area (Å²) in [5.74, 6) is 0.718. The number of aromatic nitrogens is 1. The molecule has 1 aliphatic rings. The third-order valence-electron chi connectivity index (χ3n) is 5.06. The van der Waals surface area contributed by atoms with E-state index in [0.29, 0.717) is 0 Å². The van der Waals surface area contributed by atoms with Crippen molar-refractivity contribution in [2.24, 2.45) is 0 Å². The SMILES string of the molecule is O=c1[nH]c2ccc(CCN3CCC(c4ccccc4)CC3)cc2s1. The Kier molecular flexibility index (Phi) is 4.50. The number of aromatic amines is 1. The minimum absolute atomic E-state index is 0.0325. The fourth-order valence-electron chi connectivity index (χ4n) is 3.65. The highest BCUT2D eigenvalue weighted by molar-refractivity contribution is 7.16. The van der Waals surface area contributed by atoms with E-state index in [-0.39, 0.29) is 4.87 Å². The molecule has 0 unspecified atom stereocenters. The maximum Gasteiger partial charge on any atom is 0.305 e. The van der Waals surface area contributed by atoms with Crippen molar-refractivity contribution in [1.29, 1.82) is 0 Å². The smallest absolute Gasteiger partial charge is 0.305 e. The van der Waals surface area contributed by atoms with Crippen molar-refractivity contribution in [3.05, 3.63) is 69.3 Å². The van der Waals surface area contributed by atoms with Crippen molar-refractivity contribution in [1.82, 2.24) is 9.88 Å². The predicted molar refractivity (Wildman–Crippen MR) is 101 cm³/mol. The molecule has 2 aromatic carbocycles. The van der Waals surface area contributed by atoms with Crippen LogP contribution < -0.4 is 4.87 Å². The normalized spacial score (nSPS) is 16.7. The van der Waals surface area contributed by atoms with Crippen LogP contribution in [-0.2, 0) is 6.42 Å². The Hall–Kier alpha value is -1.91. The van der Waals surface area contributed by atoms with Crippen LogP contribution in [0.3, 0.4) is 0 Å².